The van der Waals surface area contributed by atoms with Crippen molar-refractivity contribution in [3.05, 3.63) is 16.1 Å². The highest BCUT2D eigenvalue weighted by atomic mass is 35.5. The van der Waals surface area contributed by atoms with Crippen molar-refractivity contribution in [2.24, 2.45) is 5.73 Å². The topological polar surface area (TPSA) is 42.2 Å². The summed E-state index contributed by atoms with van der Waals surface area (Å²) in [6.45, 7) is 5.30. The van der Waals surface area contributed by atoms with Gasteiger partial charge in [-0.1, -0.05) is 0 Å². The van der Waals surface area contributed by atoms with E-state index in [9.17, 15) is 0 Å². The zero-order valence-corrected chi connectivity index (χ0v) is 10.6. The van der Waals surface area contributed by atoms with E-state index >= 15 is 0 Å². The van der Waals surface area contributed by atoms with Crippen LogP contribution in [0.25, 0.3) is 0 Å². The van der Waals surface area contributed by atoms with Crippen molar-refractivity contribution in [3.63, 3.8) is 0 Å². The Morgan fingerprint density at radius 1 is 1.67 bits per heavy atom. The van der Waals surface area contributed by atoms with E-state index < -0.39 is 0 Å². The molecular weight excluding hydrogens is 230 g/mol. The summed E-state index contributed by atoms with van der Waals surface area (Å²) in [5.41, 5.74) is 5.93. The lowest BCUT2D eigenvalue weighted by molar-refractivity contribution is 0.203. The SMILES string of the molecule is Cc1ncc(CN2CCC[C@@H](N)C2)s1.Cl. The smallest absolute Gasteiger partial charge is 0.0897 e. The monoisotopic (exact) mass is 247 g/mol. The van der Waals surface area contributed by atoms with Gasteiger partial charge in [-0.2, -0.15) is 0 Å². The number of likely N-dealkylation sites (tertiary alicyclic amines) is 1. The number of hydrogen-bond donors (Lipinski definition) is 1. The Labute approximate surface area is 101 Å². The Bertz CT molecular complexity index is 303. The molecule has 1 aromatic heterocycles. The van der Waals surface area contributed by atoms with Crippen molar-refractivity contribution < 1.29 is 0 Å². The van der Waals surface area contributed by atoms with Gasteiger partial charge in [0.25, 0.3) is 0 Å². The first-order chi connectivity index (χ1) is 6.74. The first kappa shape index (κ1) is 12.9. The van der Waals surface area contributed by atoms with Crippen LogP contribution in [0.4, 0.5) is 0 Å². The van der Waals surface area contributed by atoms with E-state index in [2.05, 4.69) is 16.8 Å². The summed E-state index contributed by atoms with van der Waals surface area (Å²) in [6.07, 6.45) is 4.40. The number of nitrogens with two attached hydrogens (primary N) is 1. The van der Waals surface area contributed by atoms with E-state index in [4.69, 9.17) is 5.73 Å². The molecule has 0 aliphatic carbocycles. The van der Waals surface area contributed by atoms with Crippen molar-refractivity contribution in [2.45, 2.75) is 32.4 Å². The largest absolute Gasteiger partial charge is 0.327 e. The van der Waals surface area contributed by atoms with Crippen LogP contribution in [0.2, 0.25) is 0 Å². The van der Waals surface area contributed by atoms with E-state index in [1.54, 1.807) is 11.3 Å². The molecule has 86 valence electrons. The van der Waals surface area contributed by atoms with Crippen LogP contribution in [0.5, 0.6) is 0 Å². The normalized spacial score (nSPS) is 22.4. The zero-order chi connectivity index (χ0) is 9.97. The van der Waals surface area contributed by atoms with Crippen LogP contribution in [0.3, 0.4) is 0 Å². The maximum Gasteiger partial charge on any atom is 0.0897 e. The Morgan fingerprint density at radius 3 is 3.07 bits per heavy atom. The van der Waals surface area contributed by atoms with Gasteiger partial charge in [0.15, 0.2) is 0 Å². The minimum Gasteiger partial charge on any atom is -0.327 e. The van der Waals surface area contributed by atoms with Gasteiger partial charge in [0.05, 0.1) is 5.01 Å². The van der Waals surface area contributed by atoms with Gasteiger partial charge in [0, 0.05) is 30.2 Å². The van der Waals surface area contributed by atoms with Crippen molar-refractivity contribution in [3.8, 4) is 0 Å². The molecule has 15 heavy (non-hydrogen) atoms. The highest BCUT2D eigenvalue weighted by Crippen LogP contribution is 2.17. The fourth-order valence-electron chi connectivity index (χ4n) is 1.93. The van der Waals surface area contributed by atoms with Gasteiger partial charge in [-0.05, 0) is 26.3 Å². The van der Waals surface area contributed by atoms with Gasteiger partial charge in [-0.15, -0.1) is 23.7 Å². The van der Waals surface area contributed by atoms with Crippen LogP contribution < -0.4 is 5.73 Å². The maximum absolute atomic E-state index is 5.93. The number of piperidine rings is 1. The van der Waals surface area contributed by atoms with Crippen molar-refractivity contribution >= 4 is 23.7 Å². The van der Waals surface area contributed by atoms with Crippen molar-refractivity contribution in [2.75, 3.05) is 13.1 Å². The summed E-state index contributed by atoms with van der Waals surface area (Å²) in [6, 6.07) is 0.373. The van der Waals surface area contributed by atoms with Gasteiger partial charge >= 0.3 is 0 Å². The molecule has 2 N–H and O–H groups in total. The number of halogens is 1. The molecular formula is C10H18ClN3S. The lowest BCUT2D eigenvalue weighted by atomic mass is 10.1. The first-order valence-electron chi connectivity index (χ1n) is 5.13. The first-order valence-corrected chi connectivity index (χ1v) is 5.95. The number of aryl methyl sites for hydroxylation is 1. The van der Waals surface area contributed by atoms with Gasteiger partial charge in [0.2, 0.25) is 0 Å². The standard InChI is InChI=1S/C10H17N3S.ClH/c1-8-12-5-10(14-8)7-13-4-2-3-9(11)6-13;/h5,9H,2-4,6-7,11H2,1H3;1H/t9-;/m1./s1. The van der Waals surface area contributed by atoms with Gasteiger partial charge in [-0.3, -0.25) is 4.90 Å². The molecule has 1 saturated heterocycles. The molecule has 0 spiro atoms. The molecule has 1 atom stereocenters. The van der Waals surface area contributed by atoms with E-state index in [1.165, 1.54) is 24.3 Å². The average Bonchev–Trinajstić information content (AvgIpc) is 2.51. The Balaban J connectivity index is 0.00000112. The molecule has 0 bridgehead atoms. The summed E-state index contributed by atoms with van der Waals surface area (Å²) in [5.74, 6) is 0. The van der Waals surface area contributed by atoms with Gasteiger partial charge in [0.1, 0.15) is 0 Å². The van der Waals surface area contributed by atoms with Crippen LogP contribution in [-0.2, 0) is 6.54 Å². The van der Waals surface area contributed by atoms with E-state index in [-0.39, 0.29) is 12.4 Å². The summed E-state index contributed by atoms with van der Waals surface area (Å²) < 4.78 is 0. The van der Waals surface area contributed by atoms with E-state index in [0.717, 1.165) is 18.1 Å². The molecule has 1 fully saturated rings. The second kappa shape index (κ2) is 5.80. The fourth-order valence-corrected chi connectivity index (χ4v) is 2.77. The highest BCUT2D eigenvalue weighted by molar-refractivity contribution is 7.11. The molecule has 2 heterocycles. The number of nitrogens with zero attached hydrogens (tertiary/aromatic N) is 2. The third kappa shape index (κ3) is 3.72. The highest BCUT2D eigenvalue weighted by Gasteiger charge is 2.16. The molecule has 0 aromatic carbocycles. The number of hydrogen-bond acceptors (Lipinski definition) is 4. The molecule has 0 amide bonds. The quantitative estimate of drug-likeness (QED) is 0.867. The maximum atomic E-state index is 5.93. The Morgan fingerprint density at radius 2 is 2.47 bits per heavy atom. The molecule has 5 heteroatoms. The molecule has 3 nitrogen and oxygen atoms in total. The number of aromatic nitrogens is 1. The summed E-state index contributed by atoms with van der Waals surface area (Å²) in [5, 5.41) is 1.15. The molecule has 0 saturated carbocycles. The van der Waals surface area contributed by atoms with Crippen LogP contribution in [0.15, 0.2) is 6.20 Å². The van der Waals surface area contributed by atoms with Crippen molar-refractivity contribution in [1.82, 2.24) is 9.88 Å². The minimum atomic E-state index is 0. The lowest BCUT2D eigenvalue weighted by Gasteiger charge is -2.29. The molecule has 0 radical (unpaired) electrons. The molecule has 2 rings (SSSR count). The van der Waals surface area contributed by atoms with Crippen LogP contribution in [0.1, 0.15) is 22.7 Å². The fraction of sp³-hybridized carbons (Fsp3) is 0.700. The zero-order valence-electron chi connectivity index (χ0n) is 8.98. The summed E-state index contributed by atoms with van der Waals surface area (Å²) >= 11 is 1.79. The lowest BCUT2D eigenvalue weighted by Crippen LogP contribution is -2.42. The van der Waals surface area contributed by atoms with Crippen LogP contribution >= 0.6 is 23.7 Å². The predicted octanol–water partition coefficient (Wildman–Crippen LogP) is 1.80. The van der Waals surface area contributed by atoms with Gasteiger partial charge in [-0.25, -0.2) is 4.98 Å². The molecule has 0 unspecified atom stereocenters. The molecule has 1 aliphatic rings. The third-order valence-corrected chi connectivity index (χ3v) is 3.49. The minimum absolute atomic E-state index is 0. The summed E-state index contributed by atoms with van der Waals surface area (Å²) in [4.78, 5) is 8.05. The van der Waals surface area contributed by atoms with E-state index in [1.807, 2.05) is 6.20 Å². The number of thiazole rings is 1. The number of rotatable bonds is 2. The predicted molar refractivity (Wildman–Crippen MR) is 66.6 cm³/mol. The molecule has 1 aromatic rings. The Kier molecular flexibility index (Phi) is 4.99. The Hall–Kier alpha value is -0.160. The second-order valence-electron chi connectivity index (χ2n) is 3.98. The summed E-state index contributed by atoms with van der Waals surface area (Å²) in [7, 11) is 0. The second-order valence-corrected chi connectivity index (χ2v) is 5.30. The van der Waals surface area contributed by atoms with Crippen LogP contribution in [-0.4, -0.2) is 29.0 Å². The average molecular weight is 248 g/mol. The van der Waals surface area contributed by atoms with Crippen molar-refractivity contribution in [1.29, 1.82) is 0 Å². The van der Waals surface area contributed by atoms with Crippen LogP contribution in [0, 0.1) is 6.92 Å². The van der Waals surface area contributed by atoms with E-state index in [0.29, 0.717) is 6.04 Å². The third-order valence-electron chi connectivity index (χ3n) is 2.59. The van der Waals surface area contributed by atoms with Gasteiger partial charge < -0.3 is 5.73 Å². The molecule has 1 aliphatic heterocycles.